The molecule has 2 N–H and O–H groups in total. The van der Waals surface area contributed by atoms with Gasteiger partial charge in [0.25, 0.3) is 0 Å². The number of ether oxygens (including phenoxy) is 1. The van der Waals surface area contributed by atoms with Crippen LogP contribution < -0.4 is 5.73 Å². The van der Waals surface area contributed by atoms with E-state index in [1.165, 1.54) is 6.92 Å². The molecule has 3 atom stereocenters. The fourth-order valence-corrected chi connectivity index (χ4v) is 0.932. The molecule has 0 spiro atoms. The van der Waals surface area contributed by atoms with Crippen molar-refractivity contribution >= 4 is 0 Å². The van der Waals surface area contributed by atoms with Gasteiger partial charge in [0.05, 0.1) is 0 Å². The molecule has 0 bridgehead atoms. The molecule has 2 nitrogen and oxygen atoms in total. The number of nitrogens with two attached hydrogens (primary N) is 1. The zero-order chi connectivity index (χ0) is 13.1. The Balaban J connectivity index is 4.70. The lowest BCUT2D eigenvalue weighted by Crippen LogP contribution is -2.50. The highest BCUT2D eigenvalue weighted by Crippen LogP contribution is 2.31. The molecule has 0 aromatic heterocycles. The maximum absolute atomic E-state index is 12.3. The Kier molecular flexibility index (Phi) is 5.06. The molecule has 0 aliphatic rings. The minimum absolute atomic E-state index is 0.130. The summed E-state index contributed by atoms with van der Waals surface area (Å²) in [7, 11) is 0. The van der Waals surface area contributed by atoms with Crippen LogP contribution in [0.2, 0.25) is 0 Å². The molecule has 16 heavy (non-hydrogen) atoms. The zero-order valence-electron chi connectivity index (χ0n) is 8.69. The lowest BCUT2D eigenvalue weighted by atomic mass is 10.1. The molecule has 3 unspecified atom stereocenters. The van der Waals surface area contributed by atoms with Gasteiger partial charge in [0.1, 0.15) is 0 Å². The van der Waals surface area contributed by atoms with Gasteiger partial charge in [-0.25, -0.2) is 0 Å². The van der Waals surface area contributed by atoms with Gasteiger partial charge in [-0.3, -0.25) is 0 Å². The van der Waals surface area contributed by atoms with Gasteiger partial charge in [0, 0.05) is 6.04 Å². The van der Waals surface area contributed by atoms with E-state index in [9.17, 15) is 26.3 Å². The summed E-state index contributed by atoms with van der Waals surface area (Å²) in [6.07, 6.45) is -15.0. The molecule has 0 rings (SSSR count). The number of alkyl halides is 6. The Hall–Kier alpha value is -0.500. The van der Waals surface area contributed by atoms with Crippen molar-refractivity contribution in [1.82, 2.24) is 0 Å². The van der Waals surface area contributed by atoms with E-state index in [-0.39, 0.29) is 6.42 Å². The summed E-state index contributed by atoms with van der Waals surface area (Å²) in [5.74, 6) is 0. The number of hydrogen-bond donors (Lipinski definition) is 1. The molecule has 0 fully saturated rings. The molecule has 8 heteroatoms. The third-order valence-electron chi connectivity index (χ3n) is 1.99. The number of rotatable bonds is 4. The van der Waals surface area contributed by atoms with Gasteiger partial charge < -0.3 is 10.5 Å². The van der Waals surface area contributed by atoms with E-state index in [4.69, 9.17) is 5.73 Å². The van der Waals surface area contributed by atoms with Crippen LogP contribution in [0.3, 0.4) is 0 Å². The summed E-state index contributed by atoms with van der Waals surface area (Å²) in [5, 5.41) is 0. The van der Waals surface area contributed by atoms with Crippen LogP contribution in [0.25, 0.3) is 0 Å². The smallest absolute Gasteiger partial charge is 0.355 e. The maximum Gasteiger partial charge on any atom is 0.416 e. The van der Waals surface area contributed by atoms with Crippen LogP contribution >= 0.6 is 0 Å². The van der Waals surface area contributed by atoms with Crippen LogP contribution in [0.4, 0.5) is 26.3 Å². The second kappa shape index (κ2) is 5.22. The highest BCUT2D eigenvalue weighted by molar-refractivity contribution is 4.81. The largest absolute Gasteiger partial charge is 0.416 e. The van der Waals surface area contributed by atoms with E-state index in [1.807, 2.05) is 0 Å². The monoisotopic (exact) mass is 253 g/mol. The van der Waals surface area contributed by atoms with Gasteiger partial charge in [-0.05, 0) is 13.3 Å². The Labute approximate surface area is 88.7 Å². The lowest BCUT2D eigenvalue weighted by molar-refractivity contribution is -0.285. The maximum atomic E-state index is 12.3. The van der Waals surface area contributed by atoms with Gasteiger partial charge in [0.15, 0.2) is 12.2 Å². The minimum atomic E-state index is -4.91. The van der Waals surface area contributed by atoms with Crippen LogP contribution in [-0.4, -0.2) is 30.6 Å². The molecular weight excluding hydrogens is 240 g/mol. The number of halogens is 6. The fraction of sp³-hybridized carbons (Fsp3) is 1.00. The molecule has 0 saturated carbocycles. The summed E-state index contributed by atoms with van der Waals surface area (Å²) >= 11 is 0. The van der Waals surface area contributed by atoms with Gasteiger partial charge >= 0.3 is 12.4 Å². The van der Waals surface area contributed by atoms with E-state index < -0.39 is 30.6 Å². The molecule has 0 aliphatic heterocycles. The van der Waals surface area contributed by atoms with E-state index in [2.05, 4.69) is 4.74 Å². The number of hydrogen-bond acceptors (Lipinski definition) is 2. The molecule has 0 saturated heterocycles. The van der Waals surface area contributed by atoms with Gasteiger partial charge in [-0.1, -0.05) is 6.92 Å². The Morgan fingerprint density at radius 1 is 1.06 bits per heavy atom. The Bertz CT molecular complexity index is 214. The molecule has 0 aliphatic carbocycles. The van der Waals surface area contributed by atoms with E-state index in [0.717, 1.165) is 0 Å². The van der Waals surface area contributed by atoms with Crippen molar-refractivity contribution in [2.45, 2.75) is 50.9 Å². The molecule has 0 radical (unpaired) electrons. The normalized spacial score (nSPS) is 19.3. The first-order valence-corrected chi connectivity index (χ1v) is 4.54. The molecule has 0 aromatic carbocycles. The standard InChI is InChI=1S/C8H13F6NO/c1-3-5(15)6(8(12,13)14)16-4(2)7(9,10)11/h4-6H,3,15H2,1-2H3. The summed E-state index contributed by atoms with van der Waals surface area (Å²) in [5.41, 5.74) is 5.08. The van der Waals surface area contributed by atoms with E-state index in [1.54, 1.807) is 0 Å². The van der Waals surface area contributed by atoms with Crippen molar-refractivity contribution in [3.8, 4) is 0 Å². The summed E-state index contributed by atoms with van der Waals surface area (Å²) < 4.78 is 77.1. The summed E-state index contributed by atoms with van der Waals surface area (Å²) in [6, 6.07) is -1.51. The minimum Gasteiger partial charge on any atom is -0.355 e. The Morgan fingerprint density at radius 3 is 1.75 bits per heavy atom. The first-order valence-electron chi connectivity index (χ1n) is 4.54. The van der Waals surface area contributed by atoms with Crippen LogP contribution in [0, 0.1) is 0 Å². The van der Waals surface area contributed by atoms with Gasteiger partial charge in [-0.15, -0.1) is 0 Å². The highest BCUT2D eigenvalue weighted by Gasteiger charge is 2.48. The first kappa shape index (κ1) is 15.5. The van der Waals surface area contributed by atoms with E-state index in [0.29, 0.717) is 6.92 Å². The third-order valence-corrected chi connectivity index (χ3v) is 1.99. The van der Waals surface area contributed by atoms with E-state index >= 15 is 0 Å². The highest BCUT2D eigenvalue weighted by atomic mass is 19.4. The molecule has 0 aromatic rings. The average Bonchev–Trinajstić information content (AvgIpc) is 2.09. The molecule has 0 amide bonds. The topological polar surface area (TPSA) is 35.2 Å². The van der Waals surface area contributed by atoms with Crippen molar-refractivity contribution in [1.29, 1.82) is 0 Å². The molecule has 98 valence electrons. The molecular formula is C8H13F6NO. The predicted molar refractivity (Wildman–Crippen MR) is 44.7 cm³/mol. The fourth-order valence-electron chi connectivity index (χ4n) is 0.932. The van der Waals surface area contributed by atoms with Crippen molar-refractivity contribution in [3.05, 3.63) is 0 Å². The predicted octanol–water partition coefficient (Wildman–Crippen LogP) is 2.62. The van der Waals surface area contributed by atoms with Crippen LogP contribution in [0.5, 0.6) is 0 Å². The van der Waals surface area contributed by atoms with Crippen molar-refractivity contribution in [3.63, 3.8) is 0 Å². The zero-order valence-corrected chi connectivity index (χ0v) is 8.69. The Morgan fingerprint density at radius 2 is 1.50 bits per heavy atom. The van der Waals surface area contributed by atoms with Crippen LogP contribution in [0.15, 0.2) is 0 Å². The quantitative estimate of drug-likeness (QED) is 0.781. The third kappa shape index (κ3) is 4.56. The second-order valence-corrected chi connectivity index (χ2v) is 3.35. The first-order chi connectivity index (χ1) is 7.00. The SMILES string of the molecule is CCC(N)C(OC(C)C(F)(F)F)C(F)(F)F. The van der Waals surface area contributed by atoms with Crippen LogP contribution in [0.1, 0.15) is 20.3 Å². The van der Waals surface area contributed by atoms with Crippen LogP contribution in [-0.2, 0) is 4.74 Å². The lowest BCUT2D eigenvalue weighted by Gasteiger charge is -2.29. The van der Waals surface area contributed by atoms with Gasteiger partial charge in [0.2, 0.25) is 0 Å². The summed E-state index contributed by atoms with van der Waals surface area (Å²) in [6.45, 7) is 1.85. The second-order valence-electron chi connectivity index (χ2n) is 3.35. The summed E-state index contributed by atoms with van der Waals surface area (Å²) in [4.78, 5) is 0. The van der Waals surface area contributed by atoms with Crippen molar-refractivity contribution in [2.24, 2.45) is 5.73 Å². The van der Waals surface area contributed by atoms with Crippen molar-refractivity contribution < 1.29 is 31.1 Å². The molecule has 0 heterocycles. The van der Waals surface area contributed by atoms with Crippen molar-refractivity contribution in [2.75, 3.05) is 0 Å². The average molecular weight is 253 g/mol. The van der Waals surface area contributed by atoms with Gasteiger partial charge in [-0.2, -0.15) is 26.3 Å².